The SMILES string of the molecule is ON=Cc1cc(Br)ccc1OCCOc1ccc(F)cc1. The Kier molecular flexibility index (Phi) is 5.57. The van der Waals surface area contributed by atoms with Crippen molar-refractivity contribution in [3.63, 3.8) is 0 Å². The molecule has 0 aliphatic rings. The van der Waals surface area contributed by atoms with Crippen LogP contribution in [0.3, 0.4) is 0 Å². The fourth-order valence-electron chi connectivity index (χ4n) is 1.66. The monoisotopic (exact) mass is 353 g/mol. The Hall–Kier alpha value is -2.08. The van der Waals surface area contributed by atoms with Crippen LogP contribution in [0.15, 0.2) is 52.1 Å². The lowest BCUT2D eigenvalue weighted by molar-refractivity contribution is 0.216. The molecule has 2 aromatic carbocycles. The van der Waals surface area contributed by atoms with Crippen molar-refractivity contribution in [3.05, 3.63) is 58.3 Å². The van der Waals surface area contributed by atoms with Crippen LogP contribution in [0, 0.1) is 5.82 Å². The highest BCUT2D eigenvalue weighted by Crippen LogP contribution is 2.22. The molecule has 0 saturated heterocycles. The zero-order valence-corrected chi connectivity index (χ0v) is 12.6. The van der Waals surface area contributed by atoms with E-state index in [1.165, 1.54) is 18.3 Å². The van der Waals surface area contributed by atoms with Crippen LogP contribution in [0.5, 0.6) is 11.5 Å². The number of hydrogen-bond acceptors (Lipinski definition) is 4. The van der Waals surface area contributed by atoms with E-state index >= 15 is 0 Å². The van der Waals surface area contributed by atoms with Gasteiger partial charge in [-0.15, -0.1) is 0 Å². The van der Waals surface area contributed by atoms with E-state index in [1.54, 1.807) is 24.3 Å². The summed E-state index contributed by atoms with van der Waals surface area (Å²) in [4.78, 5) is 0. The number of hydrogen-bond donors (Lipinski definition) is 1. The normalized spacial score (nSPS) is 10.8. The summed E-state index contributed by atoms with van der Waals surface area (Å²) in [6.45, 7) is 0.628. The van der Waals surface area contributed by atoms with Crippen molar-refractivity contribution in [3.8, 4) is 11.5 Å². The molecule has 0 aliphatic heterocycles. The molecule has 0 heterocycles. The lowest BCUT2D eigenvalue weighted by Crippen LogP contribution is -2.10. The minimum absolute atomic E-state index is 0.304. The Morgan fingerprint density at radius 3 is 2.52 bits per heavy atom. The smallest absolute Gasteiger partial charge is 0.128 e. The lowest BCUT2D eigenvalue weighted by atomic mass is 10.2. The Morgan fingerprint density at radius 1 is 1.10 bits per heavy atom. The number of oxime groups is 1. The average Bonchev–Trinajstić information content (AvgIpc) is 2.48. The molecule has 0 fully saturated rings. The zero-order chi connectivity index (χ0) is 15.1. The minimum Gasteiger partial charge on any atom is -0.490 e. The van der Waals surface area contributed by atoms with E-state index in [1.807, 2.05) is 6.07 Å². The van der Waals surface area contributed by atoms with Gasteiger partial charge in [0.05, 0.1) is 6.21 Å². The van der Waals surface area contributed by atoms with Crippen molar-refractivity contribution in [2.24, 2.45) is 5.16 Å². The van der Waals surface area contributed by atoms with E-state index in [2.05, 4.69) is 21.1 Å². The summed E-state index contributed by atoms with van der Waals surface area (Å²) >= 11 is 3.33. The summed E-state index contributed by atoms with van der Waals surface area (Å²) in [5, 5.41) is 11.6. The van der Waals surface area contributed by atoms with Crippen LogP contribution in [-0.2, 0) is 0 Å². The number of rotatable bonds is 6. The molecule has 0 bridgehead atoms. The summed E-state index contributed by atoms with van der Waals surface area (Å²) in [5.74, 6) is 0.855. The van der Waals surface area contributed by atoms with E-state index < -0.39 is 0 Å². The van der Waals surface area contributed by atoms with Gasteiger partial charge < -0.3 is 14.7 Å². The lowest BCUT2D eigenvalue weighted by Gasteiger charge is -2.10. The molecule has 0 aliphatic carbocycles. The zero-order valence-electron chi connectivity index (χ0n) is 11.0. The predicted octanol–water partition coefficient (Wildman–Crippen LogP) is 3.85. The van der Waals surface area contributed by atoms with Crippen LogP contribution in [-0.4, -0.2) is 24.6 Å². The van der Waals surface area contributed by atoms with Gasteiger partial charge in [0.15, 0.2) is 0 Å². The van der Waals surface area contributed by atoms with Crippen LogP contribution in [0.25, 0.3) is 0 Å². The van der Waals surface area contributed by atoms with Gasteiger partial charge in [0.2, 0.25) is 0 Å². The van der Waals surface area contributed by atoms with Crippen molar-refractivity contribution in [1.29, 1.82) is 0 Å². The van der Waals surface area contributed by atoms with Crippen molar-refractivity contribution >= 4 is 22.1 Å². The topological polar surface area (TPSA) is 51.1 Å². The Bertz CT molecular complexity index is 617. The van der Waals surface area contributed by atoms with Crippen LogP contribution in [0.4, 0.5) is 4.39 Å². The third-order valence-corrected chi connectivity index (χ3v) is 3.09. The van der Waals surface area contributed by atoms with Crippen molar-refractivity contribution in [2.45, 2.75) is 0 Å². The maximum atomic E-state index is 12.7. The van der Waals surface area contributed by atoms with Gasteiger partial charge >= 0.3 is 0 Å². The van der Waals surface area contributed by atoms with Gasteiger partial charge in [-0.2, -0.15) is 0 Å². The molecule has 6 heteroatoms. The van der Waals surface area contributed by atoms with Gasteiger partial charge in [0.1, 0.15) is 30.5 Å². The van der Waals surface area contributed by atoms with Crippen LogP contribution in [0.2, 0.25) is 0 Å². The first-order valence-corrected chi connectivity index (χ1v) is 6.96. The van der Waals surface area contributed by atoms with E-state index in [4.69, 9.17) is 14.7 Å². The van der Waals surface area contributed by atoms with E-state index in [0.29, 0.717) is 30.3 Å². The highest BCUT2D eigenvalue weighted by Gasteiger charge is 2.03. The minimum atomic E-state index is -0.304. The summed E-state index contributed by atoms with van der Waals surface area (Å²) in [6, 6.07) is 11.1. The summed E-state index contributed by atoms with van der Waals surface area (Å²) in [6.07, 6.45) is 1.29. The van der Waals surface area contributed by atoms with Crippen molar-refractivity contribution < 1.29 is 19.1 Å². The predicted molar refractivity (Wildman–Crippen MR) is 80.9 cm³/mol. The molecule has 0 aromatic heterocycles. The molecule has 0 unspecified atom stereocenters. The fourth-order valence-corrected chi connectivity index (χ4v) is 2.03. The molecule has 1 N–H and O–H groups in total. The molecular formula is C15H13BrFNO3. The number of halogens is 2. The molecule has 21 heavy (non-hydrogen) atoms. The first kappa shape index (κ1) is 15.3. The first-order valence-electron chi connectivity index (χ1n) is 6.17. The molecular weight excluding hydrogens is 341 g/mol. The first-order chi connectivity index (χ1) is 10.2. The highest BCUT2D eigenvalue weighted by atomic mass is 79.9. The molecule has 0 amide bonds. The average molecular weight is 354 g/mol. The standard InChI is InChI=1S/C15H13BrFNO3/c16-12-1-6-15(11(9-12)10-18-19)21-8-7-20-14-4-2-13(17)3-5-14/h1-6,9-10,19H,7-8H2. The van der Waals surface area contributed by atoms with E-state index in [9.17, 15) is 4.39 Å². The molecule has 0 radical (unpaired) electrons. The Labute approximate surface area is 129 Å². The van der Waals surface area contributed by atoms with Gasteiger partial charge in [-0.25, -0.2) is 4.39 Å². The number of ether oxygens (including phenoxy) is 2. The Morgan fingerprint density at radius 2 is 1.81 bits per heavy atom. The molecule has 0 atom stereocenters. The molecule has 0 spiro atoms. The van der Waals surface area contributed by atoms with Crippen LogP contribution in [0.1, 0.15) is 5.56 Å². The van der Waals surface area contributed by atoms with Crippen LogP contribution >= 0.6 is 15.9 Å². The van der Waals surface area contributed by atoms with E-state index in [-0.39, 0.29) is 5.82 Å². The maximum absolute atomic E-state index is 12.7. The van der Waals surface area contributed by atoms with Gasteiger partial charge in [-0.1, -0.05) is 21.1 Å². The molecule has 4 nitrogen and oxygen atoms in total. The second kappa shape index (κ2) is 7.64. The second-order valence-electron chi connectivity index (χ2n) is 4.08. The summed E-state index contributed by atoms with van der Waals surface area (Å²) in [5.41, 5.74) is 0.647. The van der Waals surface area contributed by atoms with Crippen molar-refractivity contribution in [1.82, 2.24) is 0 Å². The van der Waals surface area contributed by atoms with Gasteiger partial charge in [-0.3, -0.25) is 0 Å². The second-order valence-corrected chi connectivity index (χ2v) is 4.99. The molecule has 0 saturated carbocycles. The Balaban J connectivity index is 1.87. The molecule has 2 aromatic rings. The van der Waals surface area contributed by atoms with Gasteiger partial charge in [-0.05, 0) is 42.5 Å². The third-order valence-electron chi connectivity index (χ3n) is 2.59. The van der Waals surface area contributed by atoms with Crippen molar-refractivity contribution in [2.75, 3.05) is 13.2 Å². The van der Waals surface area contributed by atoms with Gasteiger partial charge in [0, 0.05) is 10.0 Å². The maximum Gasteiger partial charge on any atom is 0.128 e. The summed E-state index contributed by atoms with van der Waals surface area (Å²) < 4.78 is 24.6. The number of benzene rings is 2. The third kappa shape index (κ3) is 4.75. The quantitative estimate of drug-likeness (QED) is 0.371. The largest absolute Gasteiger partial charge is 0.490 e. The molecule has 110 valence electrons. The van der Waals surface area contributed by atoms with Crippen LogP contribution < -0.4 is 9.47 Å². The highest BCUT2D eigenvalue weighted by molar-refractivity contribution is 9.10. The van der Waals surface area contributed by atoms with E-state index in [0.717, 1.165) is 4.47 Å². The molecule has 2 rings (SSSR count). The summed E-state index contributed by atoms with van der Waals surface area (Å²) in [7, 11) is 0. The fraction of sp³-hybridized carbons (Fsp3) is 0.133. The van der Waals surface area contributed by atoms with Gasteiger partial charge in [0.25, 0.3) is 0 Å². The number of nitrogens with zero attached hydrogens (tertiary/aromatic N) is 1.